The van der Waals surface area contributed by atoms with Crippen LogP contribution in [0.4, 0.5) is 11.4 Å². The summed E-state index contributed by atoms with van der Waals surface area (Å²) in [6.45, 7) is 6.53. The molecule has 0 saturated carbocycles. The Morgan fingerprint density at radius 3 is 1.81 bits per heavy atom. The second-order valence-electron chi connectivity index (χ2n) is 8.13. The van der Waals surface area contributed by atoms with Crippen LogP contribution in [0, 0.1) is 13.8 Å². The van der Waals surface area contributed by atoms with Gasteiger partial charge in [0.25, 0.3) is 0 Å². The molecule has 0 aliphatic rings. The predicted octanol–water partition coefficient (Wildman–Crippen LogP) is 8.26. The summed E-state index contributed by atoms with van der Waals surface area (Å²) in [4.78, 5) is 2.36. The van der Waals surface area contributed by atoms with Crippen LogP contribution in [0.25, 0.3) is 11.1 Å². The lowest BCUT2D eigenvalue weighted by molar-refractivity contribution is 1.11. The van der Waals surface area contributed by atoms with Crippen molar-refractivity contribution in [1.82, 2.24) is 0 Å². The highest BCUT2D eigenvalue weighted by Gasteiger charge is 2.13. The second-order valence-corrected chi connectivity index (χ2v) is 8.13. The highest BCUT2D eigenvalue weighted by atomic mass is 15.1. The van der Waals surface area contributed by atoms with Crippen LogP contribution in [0.2, 0.25) is 0 Å². The number of allylic oxidation sites excluding steroid dienone is 2. The van der Waals surface area contributed by atoms with E-state index in [9.17, 15) is 0 Å². The van der Waals surface area contributed by atoms with Gasteiger partial charge in [0, 0.05) is 17.1 Å². The third kappa shape index (κ3) is 5.13. The number of rotatable bonds is 6. The van der Waals surface area contributed by atoms with Crippen LogP contribution in [0.1, 0.15) is 23.6 Å². The third-order valence-corrected chi connectivity index (χ3v) is 5.53. The van der Waals surface area contributed by atoms with Crippen molar-refractivity contribution in [3.63, 3.8) is 0 Å². The van der Waals surface area contributed by atoms with Gasteiger partial charge in [0.2, 0.25) is 0 Å². The van der Waals surface area contributed by atoms with Crippen LogP contribution in [-0.2, 0) is 6.42 Å². The molecule has 0 aliphatic carbocycles. The number of hydrogen-bond acceptors (Lipinski definition) is 1. The second kappa shape index (κ2) is 9.49. The number of aryl methyl sites for hydroxylation is 2. The van der Waals surface area contributed by atoms with Gasteiger partial charge in [-0.1, -0.05) is 84.9 Å². The van der Waals surface area contributed by atoms with Gasteiger partial charge >= 0.3 is 0 Å². The minimum absolute atomic E-state index is 0.913. The van der Waals surface area contributed by atoms with E-state index in [0.29, 0.717) is 0 Å². The molecule has 0 atom stereocenters. The smallest absolute Gasteiger partial charge is 0.0463 e. The van der Waals surface area contributed by atoms with E-state index in [-0.39, 0.29) is 0 Å². The fourth-order valence-electron chi connectivity index (χ4n) is 4.04. The number of anilines is 2. The average molecular weight is 404 g/mol. The first-order valence-corrected chi connectivity index (χ1v) is 10.8. The molecule has 0 bridgehead atoms. The van der Waals surface area contributed by atoms with Gasteiger partial charge in [-0.25, -0.2) is 0 Å². The normalized spacial score (nSPS) is 11.4. The number of hydrogen-bond donors (Lipinski definition) is 0. The maximum Gasteiger partial charge on any atom is 0.0463 e. The Morgan fingerprint density at radius 2 is 1.19 bits per heavy atom. The topological polar surface area (TPSA) is 3.24 Å². The first-order chi connectivity index (χ1) is 15.1. The van der Waals surface area contributed by atoms with Crippen LogP contribution >= 0.6 is 0 Å². The molecule has 31 heavy (non-hydrogen) atoms. The van der Waals surface area contributed by atoms with Gasteiger partial charge in [0.05, 0.1) is 0 Å². The van der Waals surface area contributed by atoms with E-state index in [1.54, 1.807) is 0 Å². The molecule has 0 aliphatic heterocycles. The summed E-state index contributed by atoms with van der Waals surface area (Å²) in [5, 5.41) is 0. The molecule has 0 N–H and O–H groups in total. The molecular formula is C30H29N. The molecule has 0 radical (unpaired) electrons. The van der Waals surface area contributed by atoms with E-state index in [1.807, 2.05) is 0 Å². The Kier molecular flexibility index (Phi) is 6.33. The van der Waals surface area contributed by atoms with Crippen LogP contribution in [-0.4, -0.2) is 0 Å². The zero-order valence-corrected chi connectivity index (χ0v) is 18.5. The molecule has 0 spiro atoms. The Labute approximate surface area is 186 Å². The first kappa shape index (κ1) is 20.7. The minimum atomic E-state index is 0.913. The molecule has 4 aromatic carbocycles. The van der Waals surface area contributed by atoms with Crippen LogP contribution in [0.3, 0.4) is 0 Å². The van der Waals surface area contributed by atoms with E-state index >= 15 is 0 Å². The van der Waals surface area contributed by atoms with Crippen molar-refractivity contribution in [1.29, 1.82) is 0 Å². The first-order valence-electron chi connectivity index (χ1n) is 10.8. The molecule has 0 fully saturated rings. The van der Waals surface area contributed by atoms with E-state index in [2.05, 4.69) is 135 Å². The molecule has 0 amide bonds. The molecular weight excluding hydrogens is 374 g/mol. The maximum absolute atomic E-state index is 2.36. The summed E-state index contributed by atoms with van der Waals surface area (Å²) < 4.78 is 0. The van der Waals surface area contributed by atoms with Crippen molar-refractivity contribution in [3.8, 4) is 11.1 Å². The van der Waals surface area contributed by atoms with Crippen LogP contribution < -0.4 is 4.90 Å². The van der Waals surface area contributed by atoms with Crippen LogP contribution in [0.15, 0.2) is 115 Å². The van der Waals surface area contributed by atoms with E-state index in [1.165, 1.54) is 44.9 Å². The van der Waals surface area contributed by atoms with E-state index < -0.39 is 0 Å². The molecule has 1 nitrogen and oxygen atoms in total. The molecule has 0 aromatic heterocycles. The van der Waals surface area contributed by atoms with Crippen molar-refractivity contribution < 1.29 is 0 Å². The lowest BCUT2D eigenvalue weighted by Crippen LogP contribution is -2.15. The monoisotopic (exact) mass is 403 g/mol. The average Bonchev–Trinajstić information content (AvgIpc) is 2.79. The van der Waals surface area contributed by atoms with Crippen molar-refractivity contribution in [2.24, 2.45) is 0 Å². The Morgan fingerprint density at radius 1 is 0.645 bits per heavy atom. The fraction of sp³-hybridized carbons (Fsp3) is 0.133. The largest absolute Gasteiger partial charge is 0.315 e. The van der Waals surface area contributed by atoms with Gasteiger partial charge in [-0.15, -0.1) is 0 Å². The Bertz CT molecular complexity index is 1140. The van der Waals surface area contributed by atoms with E-state index in [4.69, 9.17) is 0 Å². The highest BCUT2D eigenvalue weighted by molar-refractivity contribution is 5.73. The van der Waals surface area contributed by atoms with Crippen LogP contribution in [0.5, 0.6) is 0 Å². The quantitative estimate of drug-likeness (QED) is 0.313. The summed E-state index contributed by atoms with van der Waals surface area (Å²) in [5.74, 6) is 0. The van der Waals surface area contributed by atoms with Crippen molar-refractivity contribution in [2.75, 3.05) is 4.90 Å². The Hall–Kier alpha value is -3.58. The third-order valence-electron chi connectivity index (χ3n) is 5.53. The summed E-state index contributed by atoms with van der Waals surface area (Å²) in [6, 6.07) is 36.8. The van der Waals surface area contributed by atoms with Crippen molar-refractivity contribution in [2.45, 2.75) is 27.2 Å². The van der Waals surface area contributed by atoms with Gasteiger partial charge in [0.15, 0.2) is 0 Å². The fourth-order valence-corrected chi connectivity index (χ4v) is 4.04. The lowest BCUT2D eigenvalue weighted by Gasteiger charge is -2.27. The van der Waals surface area contributed by atoms with Gasteiger partial charge in [0.1, 0.15) is 0 Å². The van der Waals surface area contributed by atoms with Gasteiger partial charge in [-0.3, -0.25) is 0 Å². The van der Waals surface area contributed by atoms with Crippen molar-refractivity contribution >= 4 is 11.4 Å². The van der Waals surface area contributed by atoms with E-state index in [0.717, 1.165) is 6.42 Å². The van der Waals surface area contributed by atoms with Gasteiger partial charge in [-0.05, 0) is 79.3 Å². The predicted molar refractivity (Wildman–Crippen MR) is 134 cm³/mol. The molecule has 4 rings (SSSR count). The minimum Gasteiger partial charge on any atom is -0.315 e. The van der Waals surface area contributed by atoms with Gasteiger partial charge in [-0.2, -0.15) is 0 Å². The number of benzene rings is 4. The van der Waals surface area contributed by atoms with Crippen molar-refractivity contribution in [3.05, 3.63) is 132 Å². The lowest BCUT2D eigenvalue weighted by atomic mass is 10.0. The zero-order chi connectivity index (χ0) is 21.6. The Balaban J connectivity index is 1.71. The highest BCUT2D eigenvalue weighted by Crippen LogP contribution is 2.33. The molecule has 0 saturated heterocycles. The molecule has 0 heterocycles. The molecule has 1 heteroatoms. The summed E-state index contributed by atoms with van der Waals surface area (Å²) in [6.07, 6.45) is 3.23. The summed E-state index contributed by atoms with van der Waals surface area (Å²) in [7, 11) is 0. The zero-order valence-electron chi connectivity index (χ0n) is 18.5. The number of nitrogens with zero attached hydrogens (tertiary/aromatic N) is 1. The summed E-state index contributed by atoms with van der Waals surface area (Å²) in [5.41, 5.74) is 9.94. The summed E-state index contributed by atoms with van der Waals surface area (Å²) >= 11 is 0. The molecule has 0 unspecified atom stereocenters. The molecule has 4 aromatic rings. The molecule has 154 valence electrons. The standard InChI is InChI=1S/C30H29N/c1-23-20-24(2)22-30(21-23)31(25(3)14-15-26-10-6-4-7-11-26)29-18-16-28(17-19-29)27-12-8-5-9-13-27/h4-14,16-22H,15H2,1-3H3/b25-14+. The SMILES string of the molecule is C/C(=C\Cc1ccccc1)N(c1ccc(-c2ccccc2)cc1)c1cc(C)cc(C)c1. The maximum atomic E-state index is 2.36. The van der Waals surface area contributed by atoms with Gasteiger partial charge < -0.3 is 4.90 Å².